The maximum Gasteiger partial charge on any atom is 0.161 e. The maximum absolute atomic E-state index is 11.5. The van der Waals surface area contributed by atoms with Gasteiger partial charge in [0.25, 0.3) is 0 Å². The number of hydrogen-bond acceptors (Lipinski definition) is 3. The molecule has 3 nitrogen and oxygen atoms in total. The number of carbonyl (C=O) groups excluding carboxylic acids is 1. The molecular formula is C15H18O3. The highest BCUT2D eigenvalue weighted by atomic mass is 16.5. The first-order valence-electron chi connectivity index (χ1n) is 6.74. The minimum Gasteiger partial charge on any atom is -0.490 e. The summed E-state index contributed by atoms with van der Waals surface area (Å²) in [5, 5.41) is 0. The lowest BCUT2D eigenvalue weighted by Gasteiger charge is -2.22. The van der Waals surface area contributed by atoms with E-state index < -0.39 is 0 Å². The Hall–Kier alpha value is -1.51. The standard InChI is InChI=1S/C15H18O3/c16-13-4-1-3-11(9-13)12-5-6-14-15(10-12)18-8-2-7-17-14/h5-6,10-11H,1-4,7-9H2. The van der Waals surface area contributed by atoms with E-state index in [0.29, 0.717) is 31.3 Å². The third kappa shape index (κ3) is 2.35. The molecule has 0 radical (unpaired) electrons. The van der Waals surface area contributed by atoms with E-state index in [4.69, 9.17) is 9.47 Å². The van der Waals surface area contributed by atoms with E-state index in [1.54, 1.807) is 0 Å². The molecule has 1 aliphatic heterocycles. The number of benzene rings is 1. The number of rotatable bonds is 1. The number of hydrogen-bond donors (Lipinski definition) is 0. The summed E-state index contributed by atoms with van der Waals surface area (Å²) in [4.78, 5) is 11.5. The summed E-state index contributed by atoms with van der Waals surface area (Å²) < 4.78 is 11.3. The molecule has 0 aromatic heterocycles. The van der Waals surface area contributed by atoms with Gasteiger partial charge in [0, 0.05) is 19.3 Å². The second-order valence-corrected chi connectivity index (χ2v) is 5.09. The van der Waals surface area contributed by atoms with Crippen LogP contribution in [-0.4, -0.2) is 19.0 Å². The fraction of sp³-hybridized carbons (Fsp3) is 0.533. The average Bonchev–Trinajstić information content (AvgIpc) is 2.63. The lowest BCUT2D eigenvalue weighted by molar-refractivity contribution is -0.120. The molecule has 0 spiro atoms. The van der Waals surface area contributed by atoms with E-state index in [-0.39, 0.29) is 0 Å². The van der Waals surface area contributed by atoms with E-state index in [2.05, 4.69) is 12.1 Å². The number of fused-ring (bicyclic) bond motifs is 1. The zero-order valence-corrected chi connectivity index (χ0v) is 10.5. The summed E-state index contributed by atoms with van der Waals surface area (Å²) in [6, 6.07) is 6.12. The average molecular weight is 246 g/mol. The van der Waals surface area contributed by atoms with Crippen LogP contribution in [0.3, 0.4) is 0 Å². The van der Waals surface area contributed by atoms with Gasteiger partial charge in [0.1, 0.15) is 5.78 Å². The normalized spacial score (nSPS) is 23.6. The predicted molar refractivity (Wildman–Crippen MR) is 68.3 cm³/mol. The number of Topliss-reactive ketones (excluding diaryl/α,β-unsaturated/α-hetero) is 1. The van der Waals surface area contributed by atoms with Crippen molar-refractivity contribution < 1.29 is 14.3 Å². The lowest BCUT2D eigenvalue weighted by Crippen LogP contribution is -2.13. The molecule has 18 heavy (non-hydrogen) atoms. The molecule has 1 aromatic carbocycles. The van der Waals surface area contributed by atoms with Crippen LogP contribution < -0.4 is 9.47 Å². The van der Waals surface area contributed by atoms with E-state index in [0.717, 1.165) is 37.2 Å². The van der Waals surface area contributed by atoms with Gasteiger partial charge >= 0.3 is 0 Å². The SMILES string of the molecule is O=C1CCCC(c2ccc3c(c2)OCCCO3)C1. The van der Waals surface area contributed by atoms with Gasteiger partial charge in [-0.3, -0.25) is 4.79 Å². The molecule has 0 saturated heterocycles. The molecule has 96 valence electrons. The van der Waals surface area contributed by atoms with Crippen LogP contribution in [-0.2, 0) is 4.79 Å². The minimum atomic E-state index is 0.364. The van der Waals surface area contributed by atoms with Gasteiger partial charge in [-0.1, -0.05) is 6.07 Å². The van der Waals surface area contributed by atoms with Crippen LogP contribution in [0.4, 0.5) is 0 Å². The van der Waals surface area contributed by atoms with E-state index in [1.165, 1.54) is 5.56 Å². The molecule has 0 amide bonds. The summed E-state index contributed by atoms with van der Waals surface area (Å²) >= 11 is 0. The molecule has 1 fully saturated rings. The molecule has 0 bridgehead atoms. The van der Waals surface area contributed by atoms with Gasteiger partial charge in [0.15, 0.2) is 11.5 Å². The van der Waals surface area contributed by atoms with Crippen molar-refractivity contribution in [3.8, 4) is 11.5 Å². The largest absolute Gasteiger partial charge is 0.490 e. The number of ketones is 1. The second-order valence-electron chi connectivity index (χ2n) is 5.09. The van der Waals surface area contributed by atoms with Crippen LogP contribution >= 0.6 is 0 Å². The van der Waals surface area contributed by atoms with Gasteiger partial charge in [-0.2, -0.15) is 0 Å². The summed E-state index contributed by atoms with van der Waals surface area (Å²) in [7, 11) is 0. The quantitative estimate of drug-likeness (QED) is 0.764. The van der Waals surface area contributed by atoms with Gasteiger partial charge in [-0.25, -0.2) is 0 Å². The zero-order chi connectivity index (χ0) is 12.4. The minimum absolute atomic E-state index is 0.364. The molecule has 1 heterocycles. The number of carbonyl (C=O) groups is 1. The van der Waals surface area contributed by atoms with Crippen LogP contribution in [0.2, 0.25) is 0 Å². The molecule has 1 saturated carbocycles. The highest BCUT2D eigenvalue weighted by molar-refractivity contribution is 5.80. The summed E-state index contributed by atoms with van der Waals surface area (Å²) in [5.74, 6) is 2.42. The molecule has 1 aromatic rings. The Kier molecular flexibility index (Phi) is 3.22. The van der Waals surface area contributed by atoms with E-state index in [9.17, 15) is 4.79 Å². The zero-order valence-electron chi connectivity index (χ0n) is 10.5. The van der Waals surface area contributed by atoms with Crippen molar-refractivity contribution in [1.29, 1.82) is 0 Å². The molecule has 0 N–H and O–H groups in total. The Morgan fingerprint density at radius 3 is 2.72 bits per heavy atom. The topological polar surface area (TPSA) is 35.5 Å². The smallest absolute Gasteiger partial charge is 0.161 e. The summed E-state index contributed by atoms with van der Waals surface area (Å²) in [6.07, 6.45) is 4.47. The second kappa shape index (κ2) is 5.01. The highest BCUT2D eigenvalue weighted by Crippen LogP contribution is 2.37. The molecular weight excluding hydrogens is 228 g/mol. The molecule has 2 aliphatic rings. The van der Waals surface area contributed by atoms with E-state index >= 15 is 0 Å². The Morgan fingerprint density at radius 2 is 1.89 bits per heavy atom. The molecule has 1 aliphatic carbocycles. The van der Waals surface area contributed by atoms with Crippen LogP contribution in [0.15, 0.2) is 18.2 Å². The van der Waals surface area contributed by atoms with Gasteiger partial charge in [-0.05, 0) is 36.5 Å². The van der Waals surface area contributed by atoms with Crippen molar-refractivity contribution in [1.82, 2.24) is 0 Å². The first kappa shape index (κ1) is 11.6. The van der Waals surface area contributed by atoms with Crippen LogP contribution in [0.25, 0.3) is 0 Å². The summed E-state index contributed by atoms with van der Waals surface area (Å²) in [5.41, 5.74) is 1.22. The maximum atomic E-state index is 11.5. The number of ether oxygens (including phenoxy) is 2. The van der Waals surface area contributed by atoms with Crippen molar-refractivity contribution in [2.45, 2.75) is 38.0 Å². The first-order chi connectivity index (χ1) is 8.83. The fourth-order valence-electron chi connectivity index (χ4n) is 2.74. The first-order valence-corrected chi connectivity index (χ1v) is 6.74. The van der Waals surface area contributed by atoms with Crippen molar-refractivity contribution in [2.75, 3.05) is 13.2 Å². The Bertz CT molecular complexity index is 453. The van der Waals surface area contributed by atoms with Crippen molar-refractivity contribution >= 4 is 5.78 Å². The Morgan fingerprint density at radius 1 is 1.06 bits per heavy atom. The Balaban J connectivity index is 1.84. The van der Waals surface area contributed by atoms with Gasteiger partial charge in [0.05, 0.1) is 13.2 Å². The monoisotopic (exact) mass is 246 g/mol. The van der Waals surface area contributed by atoms with Crippen molar-refractivity contribution in [3.05, 3.63) is 23.8 Å². The van der Waals surface area contributed by atoms with Crippen LogP contribution in [0.5, 0.6) is 11.5 Å². The molecule has 1 unspecified atom stereocenters. The van der Waals surface area contributed by atoms with Gasteiger partial charge in [-0.15, -0.1) is 0 Å². The lowest BCUT2D eigenvalue weighted by atomic mass is 9.83. The van der Waals surface area contributed by atoms with Crippen LogP contribution in [0, 0.1) is 0 Å². The Labute approximate surface area is 107 Å². The third-order valence-electron chi connectivity index (χ3n) is 3.73. The molecule has 3 rings (SSSR count). The van der Waals surface area contributed by atoms with Crippen LogP contribution in [0.1, 0.15) is 43.6 Å². The van der Waals surface area contributed by atoms with Gasteiger partial charge in [0.2, 0.25) is 0 Å². The highest BCUT2D eigenvalue weighted by Gasteiger charge is 2.22. The predicted octanol–water partition coefficient (Wildman–Crippen LogP) is 3.07. The fourth-order valence-corrected chi connectivity index (χ4v) is 2.74. The van der Waals surface area contributed by atoms with Gasteiger partial charge < -0.3 is 9.47 Å². The molecule has 3 heteroatoms. The molecule has 1 atom stereocenters. The summed E-state index contributed by atoms with van der Waals surface area (Å²) in [6.45, 7) is 1.42. The van der Waals surface area contributed by atoms with Crippen molar-refractivity contribution in [2.24, 2.45) is 0 Å². The third-order valence-corrected chi connectivity index (χ3v) is 3.73. The van der Waals surface area contributed by atoms with Crippen molar-refractivity contribution in [3.63, 3.8) is 0 Å². The van der Waals surface area contributed by atoms with E-state index in [1.807, 2.05) is 6.07 Å².